The van der Waals surface area contributed by atoms with E-state index in [1.807, 2.05) is 20.8 Å². The molecule has 1 amide bonds. The average Bonchev–Trinajstić information content (AvgIpc) is 2.84. The maximum atomic E-state index is 14.0. The van der Waals surface area contributed by atoms with E-state index in [1.165, 1.54) is 36.2 Å². The van der Waals surface area contributed by atoms with Crippen molar-refractivity contribution >= 4 is 46.1 Å². The van der Waals surface area contributed by atoms with E-state index in [0.717, 1.165) is 6.08 Å². The summed E-state index contributed by atoms with van der Waals surface area (Å²) in [7, 11) is 2.11. The van der Waals surface area contributed by atoms with Gasteiger partial charge in [0.05, 0.1) is 12.2 Å². The van der Waals surface area contributed by atoms with Crippen LogP contribution < -0.4 is 11.1 Å². The third-order valence-corrected chi connectivity index (χ3v) is 4.70. The van der Waals surface area contributed by atoms with Crippen molar-refractivity contribution in [3.8, 4) is 0 Å². The molecule has 4 N–H and O–H groups in total. The number of hydrogen-bond acceptors (Lipinski definition) is 5. The van der Waals surface area contributed by atoms with Crippen LogP contribution in [0.2, 0.25) is 5.02 Å². The molecule has 0 saturated carbocycles. The summed E-state index contributed by atoms with van der Waals surface area (Å²) in [5.74, 6) is -1.70. The minimum Gasteiger partial charge on any atom is -0.478 e. The zero-order chi connectivity index (χ0) is 26.7. The molecule has 188 valence electrons. The van der Waals surface area contributed by atoms with Gasteiger partial charge in [0.15, 0.2) is 5.17 Å². The van der Waals surface area contributed by atoms with E-state index in [1.54, 1.807) is 19.2 Å². The van der Waals surface area contributed by atoms with Gasteiger partial charge in [0.25, 0.3) is 5.91 Å². The van der Waals surface area contributed by atoms with Crippen LogP contribution in [0, 0.1) is 5.82 Å². The molecule has 1 unspecified atom stereocenters. The third kappa shape index (κ3) is 14.2. The smallest absolute Gasteiger partial charge is 0.327 e. The fourth-order valence-electron chi connectivity index (χ4n) is 2.12. The summed E-state index contributed by atoms with van der Waals surface area (Å²) in [6, 6.07) is 7.55. The van der Waals surface area contributed by atoms with Gasteiger partial charge in [0.2, 0.25) is 0 Å². The number of rotatable bonds is 6. The molecule has 0 fully saturated rings. The largest absolute Gasteiger partial charge is 0.478 e. The number of nitrogens with two attached hydrogens (primary N) is 1. The Morgan fingerprint density at radius 3 is 2.38 bits per heavy atom. The molecule has 1 heterocycles. The predicted octanol–water partition coefficient (Wildman–Crippen LogP) is 5.60. The number of carbonyl (C=O) groups is 2. The van der Waals surface area contributed by atoms with Crippen molar-refractivity contribution in [1.29, 1.82) is 0 Å². The summed E-state index contributed by atoms with van der Waals surface area (Å²) in [4.78, 5) is 29.3. The summed E-state index contributed by atoms with van der Waals surface area (Å²) in [5.41, 5.74) is 6.89. The van der Waals surface area contributed by atoms with E-state index in [2.05, 4.69) is 21.9 Å². The molecule has 0 bridgehead atoms. The van der Waals surface area contributed by atoms with Crippen LogP contribution in [0.3, 0.4) is 0 Å². The van der Waals surface area contributed by atoms with Crippen LogP contribution in [0.5, 0.6) is 0 Å². The SMILES string of the molecule is C=CC(=O)O.CC.CF.CN=C(N)SC(C)Cc1cc(NC(=O)c2ccc(Cl)cn2)ccc1F. The number of pyridine rings is 1. The number of carbonyl (C=O) groups excluding carboxylic acids is 1. The number of aliphatic imine (C=N–C) groups is 1. The van der Waals surface area contributed by atoms with Crippen LogP contribution in [-0.4, -0.2) is 46.6 Å². The minimum absolute atomic E-state index is 0.0436. The fraction of sp³-hybridized carbons (Fsp3) is 0.304. The highest BCUT2D eigenvalue weighted by Crippen LogP contribution is 2.21. The Morgan fingerprint density at radius 2 is 1.91 bits per heavy atom. The highest BCUT2D eigenvalue weighted by molar-refractivity contribution is 8.14. The van der Waals surface area contributed by atoms with Crippen molar-refractivity contribution < 1.29 is 23.5 Å². The van der Waals surface area contributed by atoms with Crippen molar-refractivity contribution in [2.45, 2.75) is 32.4 Å². The lowest BCUT2D eigenvalue weighted by molar-refractivity contribution is -0.131. The summed E-state index contributed by atoms with van der Waals surface area (Å²) < 4.78 is 23.5. The zero-order valence-electron chi connectivity index (χ0n) is 19.8. The van der Waals surface area contributed by atoms with E-state index in [0.29, 0.717) is 35.0 Å². The zero-order valence-corrected chi connectivity index (χ0v) is 21.4. The summed E-state index contributed by atoms with van der Waals surface area (Å²) in [5, 5.41) is 11.2. The Morgan fingerprint density at radius 1 is 1.32 bits per heavy atom. The molecule has 1 aromatic carbocycles. The maximum absolute atomic E-state index is 14.0. The lowest BCUT2D eigenvalue weighted by Gasteiger charge is -2.13. The first kappa shape index (κ1) is 33.2. The fourth-order valence-corrected chi connectivity index (χ4v) is 3.02. The number of anilines is 1. The number of hydrogen-bond donors (Lipinski definition) is 3. The number of amides is 1. The molecule has 0 radical (unpaired) electrons. The second kappa shape index (κ2) is 19.5. The first-order valence-electron chi connectivity index (χ1n) is 9.99. The van der Waals surface area contributed by atoms with Crippen molar-refractivity contribution in [3.63, 3.8) is 0 Å². The number of carboxylic acid groups (broad SMARTS) is 1. The lowest BCUT2D eigenvalue weighted by atomic mass is 10.1. The molecule has 1 aromatic heterocycles. The highest BCUT2D eigenvalue weighted by Gasteiger charge is 2.13. The van der Waals surface area contributed by atoms with Crippen LogP contribution in [0.4, 0.5) is 14.5 Å². The van der Waals surface area contributed by atoms with Crippen molar-refractivity contribution in [2.24, 2.45) is 10.7 Å². The number of aliphatic carboxylic acids is 1. The minimum atomic E-state index is -0.981. The molecule has 0 saturated heterocycles. The molecule has 2 rings (SSSR count). The van der Waals surface area contributed by atoms with E-state index in [4.69, 9.17) is 22.4 Å². The number of carboxylic acids is 1. The molecule has 34 heavy (non-hydrogen) atoms. The monoisotopic (exact) mass is 516 g/mol. The topological polar surface area (TPSA) is 118 Å². The molecule has 2 aromatic rings. The Labute approximate surface area is 208 Å². The van der Waals surface area contributed by atoms with E-state index in [9.17, 15) is 18.4 Å². The molecular formula is C23H31ClF2N4O3S. The molecular weight excluding hydrogens is 486 g/mol. The molecule has 0 aliphatic carbocycles. The number of alkyl halides is 1. The molecule has 0 spiro atoms. The Hall–Kier alpha value is -2.98. The average molecular weight is 517 g/mol. The van der Waals surface area contributed by atoms with Crippen LogP contribution in [0.1, 0.15) is 36.8 Å². The van der Waals surface area contributed by atoms with Gasteiger partial charge in [0.1, 0.15) is 11.5 Å². The normalized spacial score (nSPS) is 10.6. The van der Waals surface area contributed by atoms with Gasteiger partial charge < -0.3 is 16.2 Å². The van der Waals surface area contributed by atoms with E-state index >= 15 is 0 Å². The third-order valence-electron chi connectivity index (χ3n) is 3.49. The molecule has 1 atom stereocenters. The van der Waals surface area contributed by atoms with Crippen LogP contribution >= 0.6 is 23.4 Å². The van der Waals surface area contributed by atoms with E-state index < -0.39 is 5.97 Å². The number of thioether (sulfide) groups is 1. The molecule has 7 nitrogen and oxygen atoms in total. The summed E-state index contributed by atoms with van der Waals surface area (Å²) in [6.07, 6.45) is 2.68. The number of nitrogens with zero attached hydrogens (tertiary/aromatic N) is 2. The maximum Gasteiger partial charge on any atom is 0.327 e. The lowest BCUT2D eigenvalue weighted by Crippen LogP contribution is -2.15. The molecule has 11 heteroatoms. The summed E-state index contributed by atoms with van der Waals surface area (Å²) >= 11 is 7.13. The first-order chi connectivity index (χ1) is 16.2. The molecule has 0 aliphatic heterocycles. The van der Waals surface area contributed by atoms with Gasteiger partial charge in [-0.1, -0.05) is 50.7 Å². The van der Waals surface area contributed by atoms with E-state index in [-0.39, 0.29) is 22.7 Å². The quantitative estimate of drug-likeness (QED) is 0.261. The van der Waals surface area contributed by atoms with Crippen molar-refractivity contribution in [1.82, 2.24) is 4.98 Å². The number of aromatic nitrogens is 1. The van der Waals surface area contributed by atoms with Gasteiger partial charge in [-0.25, -0.2) is 14.2 Å². The van der Waals surface area contributed by atoms with Crippen molar-refractivity contribution in [2.75, 3.05) is 19.5 Å². The van der Waals surface area contributed by atoms with Crippen molar-refractivity contribution in [3.05, 3.63) is 71.3 Å². The first-order valence-corrected chi connectivity index (χ1v) is 11.2. The second-order valence-corrected chi connectivity index (χ2v) is 7.75. The van der Waals surface area contributed by atoms with Gasteiger partial charge in [-0.2, -0.15) is 0 Å². The number of amidine groups is 1. The second-order valence-electron chi connectivity index (χ2n) is 5.86. The number of halogens is 3. The van der Waals surface area contributed by atoms with Gasteiger partial charge >= 0.3 is 5.97 Å². The number of benzene rings is 1. The van der Waals surface area contributed by atoms with Crippen LogP contribution in [0.25, 0.3) is 0 Å². The standard InChI is InChI=1S/C17H18ClFN4OS.C3H4O2.C2H6.CH3F/c1-10(25-17(20)21-2)7-11-8-13(4-5-14(11)19)23-16(24)15-6-3-12(18)9-22-15;1-2-3(4)5;2*1-2/h3-6,8-10H,7H2,1-2H3,(H2,20,21)(H,23,24);2H,1H2,(H,4,5);1-2H3;1H3. The Bertz CT molecular complexity index is 929. The molecule has 0 aliphatic rings. The van der Waals surface area contributed by atoms with Gasteiger partial charge in [-0.3, -0.25) is 14.2 Å². The predicted molar refractivity (Wildman–Crippen MR) is 138 cm³/mol. The van der Waals surface area contributed by atoms with Gasteiger partial charge in [0, 0.05) is 30.3 Å². The van der Waals surface area contributed by atoms with Crippen LogP contribution in [-0.2, 0) is 11.2 Å². The van der Waals surface area contributed by atoms with Crippen LogP contribution in [0.15, 0.2) is 54.2 Å². The summed E-state index contributed by atoms with van der Waals surface area (Å²) in [6.45, 7) is 8.90. The Kier molecular flexibility index (Phi) is 19.0. The number of nitrogens with one attached hydrogen (secondary N) is 1. The van der Waals surface area contributed by atoms with Gasteiger partial charge in [-0.15, -0.1) is 0 Å². The Balaban J connectivity index is 0. The highest BCUT2D eigenvalue weighted by atomic mass is 35.5. The van der Waals surface area contributed by atoms with Gasteiger partial charge in [-0.05, 0) is 42.3 Å².